The molecule has 6 N–H and O–H groups in total. The maximum atomic E-state index is 11.9. The number of nitrogens with zero attached hydrogens (tertiary/aromatic N) is 1. The fraction of sp³-hybridized carbons (Fsp3) is 0.857. The predicted octanol–water partition coefficient (Wildman–Crippen LogP) is 1.08. The number of carbonyl (C=O) groups excluding carboxylic acids is 2. The van der Waals surface area contributed by atoms with Crippen LogP contribution < -0.4 is 16.9 Å². The quantitative estimate of drug-likeness (QED) is 0.380. The van der Waals surface area contributed by atoms with Crippen LogP contribution in [0, 0.1) is 0 Å². The Morgan fingerprint density at radius 3 is 2.14 bits per heavy atom. The maximum Gasteiger partial charge on any atom is 0.240 e. The van der Waals surface area contributed by atoms with Gasteiger partial charge >= 0.3 is 0 Å². The minimum atomic E-state index is -0.733. The number of hydrogen-bond acceptors (Lipinski definition) is 5. The molecule has 0 heterocycles. The molecule has 1 aliphatic carbocycles. The van der Waals surface area contributed by atoms with E-state index in [9.17, 15) is 9.59 Å². The van der Waals surface area contributed by atoms with Crippen LogP contribution in [-0.4, -0.2) is 42.1 Å². The zero-order valence-electron chi connectivity index (χ0n) is 14.3. The first-order valence-corrected chi connectivity index (χ1v) is 7.41. The van der Waals surface area contributed by atoms with Crippen LogP contribution in [0.4, 0.5) is 0 Å². The van der Waals surface area contributed by atoms with E-state index in [0.717, 1.165) is 12.8 Å². The first kappa shape index (κ1) is 27.0. The Morgan fingerprint density at radius 1 is 1.32 bits per heavy atom. The van der Waals surface area contributed by atoms with Crippen molar-refractivity contribution in [3.63, 3.8) is 0 Å². The monoisotopic (exact) mass is 392 g/mol. The molecule has 1 amide bonds. The van der Waals surface area contributed by atoms with Gasteiger partial charge in [0.15, 0.2) is 5.78 Å². The van der Waals surface area contributed by atoms with E-state index >= 15 is 0 Å². The average molecular weight is 392 g/mol. The fourth-order valence-corrected chi connectivity index (χ4v) is 1.92. The Hall–Kier alpha value is 0.0839. The average Bonchev–Trinajstić information content (AvgIpc) is 2.47. The molecule has 1 rings (SSSR count). The van der Waals surface area contributed by atoms with E-state index < -0.39 is 11.6 Å². The van der Waals surface area contributed by atoms with Crippen molar-refractivity contribution < 1.29 is 47.5 Å². The molecule has 1 fully saturated rings. The molecular weight excluding hydrogens is 361 g/mol. The summed E-state index contributed by atoms with van der Waals surface area (Å²) < 4.78 is 0. The van der Waals surface area contributed by atoms with Crippen LogP contribution in [0.3, 0.4) is 0 Å². The van der Waals surface area contributed by atoms with Crippen molar-refractivity contribution in [3.05, 3.63) is 5.32 Å². The van der Waals surface area contributed by atoms with Gasteiger partial charge in [-0.2, -0.15) is 7.05 Å². The van der Waals surface area contributed by atoms with Crippen molar-refractivity contribution >= 4 is 11.7 Å². The molecule has 0 aromatic heterocycles. The van der Waals surface area contributed by atoms with Gasteiger partial charge in [0.2, 0.25) is 5.91 Å². The number of Topliss-reactive ketones (excluding diaryl/α,β-unsaturated/α-hetero) is 1. The van der Waals surface area contributed by atoms with Crippen LogP contribution in [0.2, 0.25) is 0 Å². The molecule has 0 bridgehead atoms. The first-order chi connectivity index (χ1) is 9.99. The number of hydrogen-bond donors (Lipinski definition) is 4. The van der Waals surface area contributed by atoms with Crippen molar-refractivity contribution in [2.24, 2.45) is 11.6 Å². The Morgan fingerprint density at radius 2 is 1.82 bits per heavy atom. The normalized spacial score (nSPS) is 15.4. The number of nitrogens with one attached hydrogen (secondary N) is 1. The van der Waals surface area contributed by atoms with E-state index in [4.69, 9.17) is 10.9 Å². The molecule has 1 atom stereocenters. The molecule has 1 unspecified atom stereocenters. The van der Waals surface area contributed by atoms with Crippen molar-refractivity contribution in [3.8, 4) is 0 Å². The number of amides is 1. The van der Waals surface area contributed by atoms with Gasteiger partial charge in [0.1, 0.15) is 0 Å². The molecule has 1 radical (unpaired) electrons. The van der Waals surface area contributed by atoms with E-state index in [2.05, 4.69) is 16.5 Å². The molecular formula is C14H31N4O3Y-. The van der Waals surface area contributed by atoms with Crippen molar-refractivity contribution in [2.45, 2.75) is 64.5 Å². The molecule has 22 heavy (non-hydrogen) atoms. The SMILES string of the molecule is CC.C[N-]CCCC(NC(=O)C1(N)CCC1)C(C)=O.NO.[Y]. The van der Waals surface area contributed by atoms with Gasteiger partial charge < -0.3 is 21.6 Å². The van der Waals surface area contributed by atoms with Gasteiger partial charge in [-0.1, -0.05) is 20.3 Å². The summed E-state index contributed by atoms with van der Waals surface area (Å²) in [6.07, 6.45) is 3.86. The van der Waals surface area contributed by atoms with Gasteiger partial charge in [-0.15, -0.1) is 6.54 Å². The van der Waals surface area contributed by atoms with Crippen LogP contribution in [0.1, 0.15) is 52.9 Å². The summed E-state index contributed by atoms with van der Waals surface area (Å²) in [7, 11) is 1.74. The van der Waals surface area contributed by atoms with Crippen molar-refractivity contribution in [2.75, 3.05) is 13.6 Å². The van der Waals surface area contributed by atoms with Crippen LogP contribution in [-0.2, 0) is 42.3 Å². The zero-order valence-corrected chi connectivity index (χ0v) is 17.1. The van der Waals surface area contributed by atoms with Gasteiger partial charge in [-0.3, -0.25) is 9.59 Å². The third-order valence-corrected chi connectivity index (χ3v) is 3.37. The molecule has 7 nitrogen and oxygen atoms in total. The standard InChI is InChI=1S/C12H22N3O2.C2H6.H3NO.Y/c1-9(16)10(5-3-8-14-2)15-11(17)12(13)6-4-7-12;2*1-2;/h10H,3-8,13H2,1-2H3,(H,15,17);1-2H3;2H,1H2;/q-1;;;. The molecule has 1 aliphatic rings. The van der Waals surface area contributed by atoms with E-state index in [-0.39, 0.29) is 44.4 Å². The molecule has 0 aromatic carbocycles. The largest absolute Gasteiger partial charge is 0.665 e. The Labute approximate surface area is 159 Å². The van der Waals surface area contributed by atoms with Gasteiger partial charge in [-0.25, -0.2) is 5.90 Å². The summed E-state index contributed by atoms with van der Waals surface area (Å²) >= 11 is 0. The second-order valence-electron chi connectivity index (χ2n) is 4.83. The topological polar surface area (TPSA) is 133 Å². The summed E-state index contributed by atoms with van der Waals surface area (Å²) in [5, 5.41) is 13.2. The number of carbonyl (C=O) groups is 2. The number of nitrogens with two attached hydrogens (primary N) is 2. The third-order valence-electron chi connectivity index (χ3n) is 3.37. The first-order valence-electron chi connectivity index (χ1n) is 7.41. The zero-order chi connectivity index (χ0) is 16.9. The smallest absolute Gasteiger partial charge is 0.240 e. The number of ketones is 1. The van der Waals surface area contributed by atoms with Gasteiger partial charge in [0, 0.05) is 32.7 Å². The predicted molar refractivity (Wildman–Crippen MR) is 84.1 cm³/mol. The fourth-order valence-electron chi connectivity index (χ4n) is 1.92. The van der Waals surface area contributed by atoms with Gasteiger partial charge in [0.25, 0.3) is 0 Å². The molecule has 129 valence electrons. The van der Waals surface area contributed by atoms with Gasteiger partial charge in [-0.05, 0) is 32.6 Å². The molecule has 0 aliphatic heterocycles. The summed E-state index contributed by atoms with van der Waals surface area (Å²) in [5.41, 5.74) is 5.17. The van der Waals surface area contributed by atoms with Crippen LogP contribution in [0.5, 0.6) is 0 Å². The summed E-state index contributed by atoms with van der Waals surface area (Å²) in [4.78, 5) is 23.3. The second-order valence-corrected chi connectivity index (χ2v) is 4.83. The van der Waals surface area contributed by atoms with E-state index in [1.807, 2.05) is 13.8 Å². The summed E-state index contributed by atoms with van der Waals surface area (Å²) in [5.74, 6) is 3.30. The Bertz CT molecular complexity index is 300. The van der Waals surface area contributed by atoms with Crippen molar-refractivity contribution in [1.82, 2.24) is 5.32 Å². The Balaban J connectivity index is -0.000000665. The van der Waals surface area contributed by atoms with E-state index in [1.54, 1.807) is 7.05 Å². The number of rotatable bonds is 7. The molecule has 8 heteroatoms. The van der Waals surface area contributed by atoms with Gasteiger partial charge in [0.05, 0.1) is 11.6 Å². The van der Waals surface area contributed by atoms with Crippen LogP contribution >= 0.6 is 0 Å². The Kier molecular flexibility index (Phi) is 19.6. The minimum absolute atomic E-state index is 0. The molecule has 1 saturated carbocycles. The summed E-state index contributed by atoms with van der Waals surface area (Å²) in [6, 6.07) is -0.412. The van der Waals surface area contributed by atoms with E-state index in [1.165, 1.54) is 6.92 Å². The van der Waals surface area contributed by atoms with Crippen molar-refractivity contribution in [1.29, 1.82) is 0 Å². The van der Waals surface area contributed by atoms with Crippen LogP contribution in [0.15, 0.2) is 0 Å². The molecule has 0 aromatic rings. The summed E-state index contributed by atoms with van der Waals surface area (Å²) in [6.45, 7) is 6.21. The minimum Gasteiger partial charge on any atom is -0.665 e. The van der Waals surface area contributed by atoms with E-state index in [0.29, 0.717) is 25.8 Å². The maximum absolute atomic E-state index is 11.9. The second kappa shape index (κ2) is 16.0. The third kappa shape index (κ3) is 9.97. The van der Waals surface area contributed by atoms with Crippen LogP contribution in [0.25, 0.3) is 5.32 Å². The molecule has 0 spiro atoms. The molecule has 0 saturated heterocycles.